The second-order valence-corrected chi connectivity index (χ2v) is 7.08. The van der Waals surface area contributed by atoms with Crippen molar-refractivity contribution in [3.8, 4) is 6.07 Å². The van der Waals surface area contributed by atoms with Gasteiger partial charge in [0.2, 0.25) is 0 Å². The molecule has 4 rings (SSSR count). The number of rotatable bonds is 4. The Labute approximate surface area is 163 Å². The molecule has 1 fully saturated rings. The maximum Gasteiger partial charge on any atom is 0.274 e. The summed E-state index contributed by atoms with van der Waals surface area (Å²) in [6.07, 6.45) is 1.93. The lowest BCUT2D eigenvalue weighted by atomic mass is 10.2. The SMILES string of the molecule is Cn1c(/C(C#N)=C(\O)C[NH+]2CCN(c3cccc[nH+]3)CC2)nc2ccccc21. The zero-order chi connectivity index (χ0) is 19.5. The number of pyridine rings is 1. The molecule has 0 amide bonds. The monoisotopic (exact) mass is 376 g/mol. The van der Waals surface area contributed by atoms with Crippen LogP contribution in [0.3, 0.4) is 0 Å². The van der Waals surface area contributed by atoms with Gasteiger partial charge in [-0.05, 0) is 18.2 Å². The third kappa shape index (κ3) is 3.42. The number of imidazole rings is 1. The molecule has 7 heteroatoms. The maximum atomic E-state index is 10.7. The number of nitriles is 1. The number of aromatic nitrogens is 3. The van der Waals surface area contributed by atoms with Gasteiger partial charge in [0.05, 0.1) is 17.2 Å². The van der Waals surface area contributed by atoms with Gasteiger partial charge in [0, 0.05) is 13.1 Å². The van der Waals surface area contributed by atoms with Crippen LogP contribution in [-0.4, -0.2) is 47.4 Å². The summed E-state index contributed by atoms with van der Waals surface area (Å²) in [5, 5.41) is 20.4. The number of allylic oxidation sites excluding steroid dienone is 1. The van der Waals surface area contributed by atoms with Gasteiger partial charge < -0.3 is 14.6 Å². The minimum Gasteiger partial charge on any atom is -0.506 e. The molecular weight excluding hydrogens is 352 g/mol. The first-order valence-electron chi connectivity index (χ1n) is 9.46. The van der Waals surface area contributed by atoms with Gasteiger partial charge in [0.25, 0.3) is 5.82 Å². The molecule has 142 valence electrons. The van der Waals surface area contributed by atoms with Gasteiger partial charge in [-0.2, -0.15) is 5.26 Å². The van der Waals surface area contributed by atoms with Gasteiger partial charge in [0.1, 0.15) is 44.4 Å². The summed E-state index contributed by atoms with van der Waals surface area (Å²) in [5.41, 5.74) is 2.02. The summed E-state index contributed by atoms with van der Waals surface area (Å²) in [6.45, 7) is 4.02. The minimum absolute atomic E-state index is 0.107. The fourth-order valence-electron chi connectivity index (χ4n) is 3.76. The van der Waals surface area contributed by atoms with Crippen LogP contribution >= 0.6 is 0 Å². The van der Waals surface area contributed by atoms with E-state index in [0.717, 1.165) is 43.0 Å². The predicted octanol–water partition coefficient (Wildman–Crippen LogP) is 0.585. The van der Waals surface area contributed by atoms with Gasteiger partial charge in [0.15, 0.2) is 11.6 Å². The first-order valence-corrected chi connectivity index (χ1v) is 9.46. The van der Waals surface area contributed by atoms with Crippen LogP contribution in [0.25, 0.3) is 16.6 Å². The average molecular weight is 376 g/mol. The number of hydrogen-bond acceptors (Lipinski definition) is 4. The van der Waals surface area contributed by atoms with Crippen LogP contribution in [-0.2, 0) is 7.05 Å². The lowest BCUT2D eigenvalue weighted by Gasteiger charge is -2.28. The molecule has 7 nitrogen and oxygen atoms in total. The molecule has 3 heterocycles. The highest BCUT2D eigenvalue weighted by Crippen LogP contribution is 2.21. The van der Waals surface area contributed by atoms with Crippen LogP contribution in [0.15, 0.2) is 54.4 Å². The van der Waals surface area contributed by atoms with Crippen molar-refractivity contribution >= 4 is 22.4 Å². The number of aryl methyl sites for hydroxylation is 1. The first-order chi connectivity index (χ1) is 13.7. The molecule has 1 aromatic carbocycles. The smallest absolute Gasteiger partial charge is 0.274 e. The van der Waals surface area contributed by atoms with Crippen molar-refractivity contribution in [2.75, 3.05) is 37.6 Å². The van der Waals surface area contributed by atoms with E-state index < -0.39 is 0 Å². The zero-order valence-corrected chi connectivity index (χ0v) is 15.9. The van der Waals surface area contributed by atoms with Crippen LogP contribution in [0.1, 0.15) is 5.82 Å². The number of hydrogen-bond donors (Lipinski definition) is 2. The molecule has 0 atom stereocenters. The van der Waals surface area contributed by atoms with Gasteiger partial charge in [-0.25, -0.2) is 9.97 Å². The molecule has 1 aliphatic rings. The molecule has 3 N–H and O–H groups in total. The topological polar surface area (TPSA) is 83.7 Å². The van der Waals surface area contributed by atoms with Gasteiger partial charge >= 0.3 is 0 Å². The van der Waals surface area contributed by atoms with Gasteiger partial charge in [-0.1, -0.05) is 18.2 Å². The van der Waals surface area contributed by atoms with Crippen LogP contribution in [0, 0.1) is 11.3 Å². The standard InChI is InChI=1S/C21H22N6O/c1-25-18-7-3-2-6-17(18)24-21(25)16(14-22)19(28)15-26-10-12-27(13-11-26)20-8-4-5-9-23-20/h2-9,28H,10-13,15H2,1H3/p+2/b19-16-. The van der Waals surface area contributed by atoms with E-state index in [0.29, 0.717) is 12.4 Å². The Balaban J connectivity index is 1.50. The number of anilines is 1. The Hall–Kier alpha value is -3.37. The van der Waals surface area contributed by atoms with Crippen molar-refractivity contribution in [1.29, 1.82) is 5.26 Å². The number of aliphatic hydroxyl groups is 1. The van der Waals surface area contributed by atoms with E-state index in [2.05, 4.69) is 27.0 Å². The van der Waals surface area contributed by atoms with E-state index in [1.165, 1.54) is 4.90 Å². The maximum absolute atomic E-state index is 10.7. The number of H-pyrrole nitrogens is 1. The average Bonchev–Trinajstić information content (AvgIpc) is 3.06. The van der Waals surface area contributed by atoms with Crippen molar-refractivity contribution in [3.05, 3.63) is 60.2 Å². The molecule has 0 saturated carbocycles. The quantitative estimate of drug-likeness (QED) is 0.516. The molecule has 1 saturated heterocycles. The van der Waals surface area contributed by atoms with Gasteiger partial charge in [-0.15, -0.1) is 0 Å². The number of piperazine rings is 1. The van der Waals surface area contributed by atoms with Crippen LogP contribution in [0.4, 0.5) is 5.82 Å². The molecule has 0 unspecified atom stereocenters. The second kappa shape index (κ2) is 7.71. The zero-order valence-electron chi connectivity index (χ0n) is 15.9. The minimum atomic E-state index is 0.107. The van der Waals surface area contributed by atoms with Crippen molar-refractivity contribution in [2.24, 2.45) is 7.05 Å². The largest absolute Gasteiger partial charge is 0.506 e. The Morgan fingerprint density at radius 3 is 2.64 bits per heavy atom. The van der Waals surface area contributed by atoms with E-state index in [-0.39, 0.29) is 11.3 Å². The molecule has 0 bridgehead atoms. The molecule has 0 aliphatic carbocycles. The number of nitrogens with zero attached hydrogens (tertiary/aromatic N) is 4. The van der Waals surface area contributed by atoms with Crippen molar-refractivity contribution in [1.82, 2.24) is 9.55 Å². The summed E-state index contributed by atoms with van der Waals surface area (Å²) in [6, 6.07) is 16.0. The van der Waals surface area contributed by atoms with Crippen LogP contribution in [0.2, 0.25) is 0 Å². The van der Waals surface area contributed by atoms with Crippen LogP contribution in [0.5, 0.6) is 0 Å². The number of fused-ring (bicyclic) bond motifs is 1. The van der Waals surface area contributed by atoms with E-state index in [1.807, 2.05) is 54.2 Å². The van der Waals surface area contributed by atoms with Crippen molar-refractivity contribution < 1.29 is 15.0 Å². The number of aliphatic hydroxyl groups excluding tert-OH is 1. The van der Waals surface area contributed by atoms with Crippen molar-refractivity contribution in [3.63, 3.8) is 0 Å². The molecular formula is C21H24N6O+2. The molecule has 3 aromatic rings. The summed E-state index contributed by atoms with van der Waals surface area (Å²) in [4.78, 5) is 11.4. The number of benzene rings is 1. The molecule has 0 spiro atoms. The third-order valence-corrected chi connectivity index (χ3v) is 5.33. The Kier molecular flexibility index (Phi) is 4.96. The highest BCUT2D eigenvalue weighted by atomic mass is 16.3. The number of para-hydroxylation sites is 2. The number of nitrogens with one attached hydrogen (secondary N) is 2. The summed E-state index contributed by atoms with van der Waals surface area (Å²) in [5.74, 6) is 1.73. The Morgan fingerprint density at radius 2 is 1.96 bits per heavy atom. The van der Waals surface area contributed by atoms with E-state index in [4.69, 9.17) is 0 Å². The molecule has 28 heavy (non-hydrogen) atoms. The Morgan fingerprint density at radius 1 is 1.21 bits per heavy atom. The molecule has 1 aliphatic heterocycles. The lowest BCUT2D eigenvalue weighted by Crippen LogP contribution is -3.15. The predicted molar refractivity (Wildman–Crippen MR) is 107 cm³/mol. The number of aromatic amines is 1. The second-order valence-electron chi connectivity index (χ2n) is 7.08. The molecule has 2 aromatic heterocycles. The van der Waals surface area contributed by atoms with Crippen LogP contribution < -0.4 is 14.8 Å². The first kappa shape index (κ1) is 18.0. The van der Waals surface area contributed by atoms with E-state index >= 15 is 0 Å². The summed E-state index contributed by atoms with van der Waals surface area (Å²) in [7, 11) is 1.87. The summed E-state index contributed by atoms with van der Waals surface area (Å²) < 4.78 is 1.86. The fourth-order valence-corrected chi connectivity index (χ4v) is 3.76. The number of quaternary nitrogens is 1. The highest BCUT2D eigenvalue weighted by molar-refractivity contribution is 5.83. The third-order valence-electron chi connectivity index (χ3n) is 5.33. The van der Waals surface area contributed by atoms with E-state index in [1.54, 1.807) is 0 Å². The van der Waals surface area contributed by atoms with Gasteiger partial charge in [-0.3, -0.25) is 4.90 Å². The Bertz CT molecular complexity index is 1040. The summed E-state index contributed by atoms with van der Waals surface area (Å²) >= 11 is 0. The van der Waals surface area contributed by atoms with Crippen molar-refractivity contribution in [2.45, 2.75) is 0 Å². The van der Waals surface area contributed by atoms with E-state index in [9.17, 15) is 10.4 Å². The highest BCUT2D eigenvalue weighted by Gasteiger charge is 2.27. The lowest BCUT2D eigenvalue weighted by molar-refractivity contribution is -0.897. The molecule has 0 radical (unpaired) electrons. The normalized spacial score (nSPS) is 16.1. The fraction of sp³-hybridized carbons (Fsp3) is 0.286.